The highest BCUT2D eigenvalue weighted by molar-refractivity contribution is 5.96. The van der Waals surface area contributed by atoms with Crippen LogP contribution < -0.4 is 0 Å². The number of carbonyl (C=O) groups excluding carboxylic acids is 1. The number of nitriles is 1. The van der Waals surface area contributed by atoms with E-state index >= 15 is 0 Å². The Morgan fingerprint density at radius 2 is 1.83 bits per heavy atom. The van der Waals surface area contributed by atoms with E-state index in [4.69, 9.17) is 5.26 Å². The lowest BCUT2D eigenvalue weighted by Crippen LogP contribution is -2.27. The van der Waals surface area contributed by atoms with Gasteiger partial charge in [0.25, 0.3) is 5.91 Å². The number of hydrogen-bond acceptors (Lipinski definition) is 2. The summed E-state index contributed by atoms with van der Waals surface area (Å²) in [6.07, 6.45) is 4.44. The van der Waals surface area contributed by atoms with Gasteiger partial charge in [-0.3, -0.25) is 4.79 Å². The summed E-state index contributed by atoms with van der Waals surface area (Å²) in [5.74, 6) is 6.32. The van der Waals surface area contributed by atoms with Crippen LogP contribution in [0.4, 0.5) is 0 Å². The molecule has 0 bridgehead atoms. The van der Waals surface area contributed by atoms with Gasteiger partial charge in [-0.25, -0.2) is 0 Å². The van der Waals surface area contributed by atoms with Gasteiger partial charge in [0.1, 0.15) is 0 Å². The zero-order chi connectivity index (χ0) is 20.1. The Morgan fingerprint density at radius 1 is 0.966 bits per heavy atom. The third-order valence-electron chi connectivity index (χ3n) is 4.79. The number of benzene rings is 3. The smallest absolute Gasteiger partial charge is 0.258 e. The zero-order valence-corrected chi connectivity index (χ0v) is 15.8. The summed E-state index contributed by atoms with van der Waals surface area (Å²) in [5.41, 5.74) is 5.27. The normalized spacial score (nSPS) is 11.8. The molecule has 3 nitrogen and oxygen atoms in total. The number of fused-ring (bicyclic) bond motifs is 1. The van der Waals surface area contributed by atoms with E-state index < -0.39 is 0 Å². The van der Waals surface area contributed by atoms with Crippen molar-refractivity contribution in [1.29, 1.82) is 5.26 Å². The van der Waals surface area contributed by atoms with Crippen molar-refractivity contribution in [3.8, 4) is 17.9 Å². The van der Waals surface area contributed by atoms with Crippen molar-refractivity contribution < 1.29 is 4.79 Å². The van der Waals surface area contributed by atoms with E-state index in [9.17, 15) is 4.79 Å². The quantitative estimate of drug-likeness (QED) is 0.606. The van der Waals surface area contributed by atoms with E-state index in [2.05, 4.69) is 30.0 Å². The fraction of sp³-hybridized carbons (Fsp3) is 0.0769. The van der Waals surface area contributed by atoms with E-state index in [0.717, 1.165) is 16.7 Å². The van der Waals surface area contributed by atoms with Crippen LogP contribution in [0, 0.1) is 23.2 Å². The first kappa shape index (κ1) is 18.3. The molecule has 0 aliphatic carbocycles. The Hall–Kier alpha value is -4.08. The van der Waals surface area contributed by atoms with Crippen LogP contribution in [0.15, 0.2) is 79.0 Å². The summed E-state index contributed by atoms with van der Waals surface area (Å²) in [6.45, 7) is 0.482. The predicted molar refractivity (Wildman–Crippen MR) is 114 cm³/mol. The highest BCUT2D eigenvalue weighted by Gasteiger charge is 2.18. The second-order valence-electron chi connectivity index (χ2n) is 6.82. The summed E-state index contributed by atoms with van der Waals surface area (Å²) >= 11 is 0. The van der Waals surface area contributed by atoms with E-state index in [-0.39, 0.29) is 5.91 Å². The summed E-state index contributed by atoms with van der Waals surface area (Å²) in [7, 11) is 0. The summed E-state index contributed by atoms with van der Waals surface area (Å²) in [6, 6.07) is 25.1. The molecule has 1 aliphatic rings. The Balaban J connectivity index is 1.51. The second kappa shape index (κ2) is 8.30. The molecule has 3 aromatic carbocycles. The molecule has 3 aromatic rings. The molecule has 29 heavy (non-hydrogen) atoms. The highest BCUT2D eigenvalue weighted by atomic mass is 16.2. The lowest BCUT2D eigenvalue weighted by atomic mass is 10.00. The van der Waals surface area contributed by atoms with Crippen molar-refractivity contribution >= 4 is 12.0 Å². The minimum Gasteiger partial charge on any atom is -0.311 e. The van der Waals surface area contributed by atoms with Gasteiger partial charge >= 0.3 is 0 Å². The van der Waals surface area contributed by atoms with Crippen LogP contribution in [-0.2, 0) is 13.0 Å². The van der Waals surface area contributed by atoms with Gasteiger partial charge in [-0.15, -0.1) is 0 Å². The molecular formula is C26H18N2O. The largest absolute Gasteiger partial charge is 0.311 e. The Labute approximate surface area is 170 Å². The van der Waals surface area contributed by atoms with Crippen LogP contribution in [0.25, 0.3) is 6.08 Å². The van der Waals surface area contributed by atoms with Crippen LogP contribution in [0.3, 0.4) is 0 Å². The molecule has 0 fully saturated rings. The third kappa shape index (κ3) is 4.26. The molecule has 4 rings (SSSR count). The van der Waals surface area contributed by atoms with Crippen LogP contribution >= 0.6 is 0 Å². The van der Waals surface area contributed by atoms with Gasteiger partial charge in [-0.1, -0.05) is 54.3 Å². The molecule has 138 valence electrons. The Kier molecular flexibility index (Phi) is 5.23. The van der Waals surface area contributed by atoms with Crippen molar-refractivity contribution in [3.05, 3.63) is 112 Å². The number of rotatable bonds is 2. The molecule has 0 saturated heterocycles. The maximum Gasteiger partial charge on any atom is 0.258 e. The standard InChI is InChI=1S/C26H18N2O/c27-18-22-10-5-11-24(17-22)26(29)28-15-14-23-13-12-21(16-25(23)19-28)9-4-8-20-6-2-1-3-7-20/h1-3,5-7,10-17H,8,19H2. The molecule has 1 amide bonds. The fourth-order valence-corrected chi connectivity index (χ4v) is 3.26. The minimum absolute atomic E-state index is 0.121. The van der Waals surface area contributed by atoms with E-state index in [1.165, 1.54) is 5.56 Å². The van der Waals surface area contributed by atoms with Crippen LogP contribution in [0.2, 0.25) is 0 Å². The fourth-order valence-electron chi connectivity index (χ4n) is 3.26. The molecule has 1 aliphatic heterocycles. The molecule has 0 spiro atoms. The van der Waals surface area contributed by atoms with Gasteiger partial charge in [-0.2, -0.15) is 5.26 Å². The van der Waals surface area contributed by atoms with Gasteiger partial charge in [-0.05, 0) is 53.1 Å². The zero-order valence-electron chi connectivity index (χ0n) is 15.8. The maximum absolute atomic E-state index is 12.8. The van der Waals surface area contributed by atoms with Crippen molar-refractivity contribution in [3.63, 3.8) is 0 Å². The topological polar surface area (TPSA) is 44.1 Å². The SMILES string of the molecule is N#Cc1cccc(C(=O)N2C=Cc3ccc(C#CCc4ccccc4)cc3C2)c1. The Bertz CT molecular complexity index is 1190. The molecular weight excluding hydrogens is 356 g/mol. The van der Waals surface area contributed by atoms with E-state index in [1.807, 2.05) is 42.5 Å². The average molecular weight is 374 g/mol. The highest BCUT2D eigenvalue weighted by Crippen LogP contribution is 2.22. The molecule has 0 saturated carbocycles. The molecule has 0 unspecified atom stereocenters. The minimum atomic E-state index is -0.121. The molecule has 0 atom stereocenters. The van der Waals surface area contributed by atoms with Crippen LogP contribution in [-0.4, -0.2) is 10.8 Å². The first-order valence-corrected chi connectivity index (χ1v) is 9.38. The number of carbonyl (C=O) groups is 1. The van der Waals surface area contributed by atoms with Gasteiger partial charge in [0.2, 0.25) is 0 Å². The van der Waals surface area contributed by atoms with E-state index in [0.29, 0.717) is 24.1 Å². The molecule has 1 heterocycles. The maximum atomic E-state index is 12.8. The number of nitrogens with zero attached hydrogens (tertiary/aromatic N) is 2. The van der Waals surface area contributed by atoms with Crippen molar-refractivity contribution in [2.24, 2.45) is 0 Å². The van der Waals surface area contributed by atoms with Crippen LogP contribution in [0.1, 0.15) is 38.2 Å². The lowest BCUT2D eigenvalue weighted by molar-refractivity contribution is 0.0813. The first-order chi connectivity index (χ1) is 14.2. The van der Waals surface area contributed by atoms with Crippen LogP contribution in [0.5, 0.6) is 0 Å². The van der Waals surface area contributed by atoms with Gasteiger partial charge in [0.15, 0.2) is 0 Å². The summed E-state index contributed by atoms with van der Waals surface area (Å²) in [5, 5.41) is 9.06. The molecule has 0 N–H and O–H groups in total. The predicted octanol–water partition coefficient (Wildman–Crippen LogP) is 4.78. The van der Waals surface area contributed by atoms with Crippen molar-refractivity contribution in [2.75, 3.05) is 0 Å². The monoisotopic (exact) mass is 374 g/mol. The van der Waals surface area contributed by atoms with Gasteiger partial charge < -0.3 is 4.90 Å². The average Bonchev–Trinajstić information content (AvgIpc) is 2.79. The van der Waals surface area contributed by atoms with Crippen molar-refractivity contribution in [2.45, 2.75) is 13.0 Å². The number of amides is 1. The summed E-state index contributed by atoms with van der Waals surface area (Å²) in [4.78, 5) is 14.5. The number of hydrogen-bond donors (Lipinski definition) is 0. The van der Waals surface area contributed by atoms with Gasteiger partial charge in [0.05, 0.1) is 18.2 Å². The molecule has 0 radical (unpaired) electrons. The lowest BCUT2D eigenvalue weighted by Gasteiger charge is -2.24. The Morgan fingerprint density at radius 3 is 2.66 bits per heavy atom. The van der Waals surface area contributed by atoms with E-state index in [1.54, 1.807) is 35.4 Å². The third-order valence-corrected chi connectivity index (χ3v) is 4.79. The first-order valence-electron chi connectivity index (χ1n) is 9.38. The van der Waals surface area contributed by atoms with Crippen molar-refractivity contribution in [1.82, 2.24) is 4.90 Å². The molecule has 3 heteroatoms. The second-order valence-corrected chi connectivity index (χ2v) is 6.82. The summed E-state index contributed by atoms with van der Waals surface area (Å²) < 4.78 is 0. The molecule has 0 aromatic heterocycles. The van der Waals surface area contributed by atoms with Gasteiger partial charge in [0, 0.05) is 23.7 Å².